The van der Waals surface area contributed by atoms with Gasteiger partial charge in [0.15, 0.2) is 0 Å². The van der Waals surface area contributed by atoms with Gasteiger partial charge in [-0.1, -0.05) is 12.1 Å². The van der Waals surface area contributed by atoms with E-state index >= 15 is 0 Å². The lowest BCUT2D eigenvalue weighted by atomic mass is 9.95. The van der Waals surface area contributed by atoms with Gasteiger partial charge in [0, 0.05) is 19.5 Å². The lowest BCUT2D eigenvalue weighted by Gasteiger charge is -2.27. The number of nitrogens with zero attached hydrogens (tertiary/aromatic N) is 2. The van der Waals surface area contributed by atoms with Crippen molar-refractivity contribution in [2.75, 3.05) is 27.4 Å². The second-order valence-corrected chi connectivity index (χ2v) is 6.40. The van der Waals surface area contributed by atoms with Gasteiger partial charge in [0.25, 0.3) is 0 Å². The summed E-state index contributed by atoms with van der Waals surface area (Å²) in [6, 6.07) is 7.68. The monoisotopic (exact) mass is 332 g/mol. The first-order chi connectivity index (χ1) is 11.4. The van der Waals surface area contributed by atoms with Crippen molar-refractivity contribution in [3.8, 4) is 5.75 Å². The van der Waals surface area contributed by atoms with Gasteiger partial charge < -0.3 is 19.5 Å². The Morgan fingerprint density at radius 1 is 1.33 bits per heavy atom. The van der Waals surface area contributed by atoms with Crippen molar-refractivity contribution in [2.45, 2.75) is 19.9 Å². The number of aliphatic imine (C=N–C) groups is 1. The molecule has 24 heavy (non-hydrogen) atoms. The molecule has 1 aromatic carbocycles. The highest BCUT2D eigenvalue weighted by molar-refractivity contribution is 5.76. The molecule has 0 spiro atoms. The molecule has 0 radical (unpaired) electrons. The number of rotatable bonds is 6. The summed E-state index contributed by atoms with van der Waals surface area (Å²) in [5.74, 6) is 0.392. The van der Waals surface area contributed by atoms with Crippen molar-refractivity contribution in [1.82, 2.24) is 4.90 Å². The number of hydrogen-bond acceptors (Lipinski definition) is 6. The number of aliphatic hydroxyl groups is 1. The number of esters is 1. The first-order valence-electron chi connectivity index (χ1n) is 7.76. The molecular weight excluding hydrogens is 308 g/mol. The number of benzene rings is 1. The molecule has 1 unspecified atom stereocenters. The van der Waals surface area contributed by atoms with Crippen LogP contribution in [0.3, 0.4) is 0 Å². The molecule has 0 amide bonds. The lowest BCUT2D eigenvalue weighted by molar-refractivity contribution is -0.152. The van der Waals surface area contributed by atoms with Gasteiger partial charge in [-0.3, -0.25) is 9.79 Å². The Labute approximate surface area is 142 Å². The van der Waals surface area contributed by atoms with Crippen molar-refractivity contribution in [3.63, 3.8) is 0 Å². The number of aliphatic hydroxyl groups excluding tert-OH is 1. The molecule has 6 heteroatoms. The second kappa shape index (κ2) is 7.49. The van der Waals surface area contributed by atoms with Crippen LogP contribution < -0.4 is 4.74 Å². The van der Waals surface area contributed by atoms with E-state index in [0.717, 1.165) is 5.56 Å². The van der Waals surface area contributed by atoms with Crippen LogP contribution in [-0.4, -0.2) is 49.6 Å². The molecule has 1 aliphatic rings. The molecule has 1 atom stereocenters. The Hall–Kier alpha value is -2.34. The minimum atomic E-state index is -0.699. The summed E-state index contributed by atoms with van der Waals surface area (Å²) in [6.45, 7) is 3.74. The number of carbonyl (C=O) groups is 1. The molecule has 0 aliphatic carbocycles. The van der Waals surface area contributed by atoms with Crippen LogP contribution in [0.2, 0.25) is 0 Å². The normalized spacial score (nSPS) is 17.5. The minimum absolute atomic E-state index is 0.0147. The van der Waals surface area contributed by atoms with Crippen LogP contribution in [-0.2, 0) is 9.53 Å². The van der Waals surface area contributed by atoms with Gasteiger partial charge in [-0.05, 0) is 31.5 Å². The Bertz CT molecular complexity index is 635. The van der Waals surface area contributed by atoms with Gasteiger partial charge in [-0.2, -0.15) is 0 Å². The van der Waals surface area contributed by atoms with E-state index in [1.54, 1.807) is 13.8 Å². The maximum absolute atomic E-state index is 11.7. The highest BCUT2D eigenvalue weighted by Crippen LogP contribution is 2.25. The van der Waals surface area contributed by atoms with Gasteiger partial charge in [0.1, 0.15) is 12.4 Å². The van der Waals surface area contributed by atoms with E-state index in [9.17, 15) is 4.79 Å². The van der Waals surface area contributed by atoms with Gasteiger partial charge >= 0.3 is 5.97 Å². The van der Waals surface area contributed by atoms with Crippen LogP contribution in [0.5, 0.6) is 5.75 Å². The van der Waals surface area contributed by atoms with E-state index in [4.69, 9.17) is 14.6 Å². The van der Waals surface area contributed by atoms with Crippen molar-refractivity contribution in [3.05, 3.63) is 41.7 Å². The zero-order valence-electron chi connectivity index (χ0n) is 14.5. The fourth-order valence-corrected chi connectivity index (χ4v) is 2.38. The Morgan fingerprint density at radius 2 is 2.00 bits per heavy atom. The van der Waals surface area contributed by atoms with E-state index in [1.807, 2.05) is 48.6 Å². The highest BCUT2D eigenvalue weighted by atomic mass is 16.5. The maximum atomic E-state index is 11.7. The predicted molar refractivity (Wildman–Crippen MR) is 91.9 cm³/mol. The van der Waals surface area contributed by atoms with Crippen molar-refractivity contribution in [1.29, 1.82) is 0 Å². The van der Waals surface area contributed by atoms with E-state index in [1.165, 1.54) is 7.11 Å². The molecule has 1 aliphatic heterocycles. The van der Waals surface area contributed by atoms with E-state index in [0.29, 0.717) is 11.4 Å². The van der Waals surface area contributed by atoms with Crippen LogP contribution in [0.4, 0.5) is 0 Å². The van der Waals surface area contributed by atoms with Crippen LogP contribution in [0.1, 0.15) is 25.5 Å². The third kappa shape index (κ3) is 4.14. The minimum Gasteiger partial charge on any atom is -0.492 e. The molecular formula is C18H24N2O4. The average Bonchev–Trinajstić information content (AvgIpc) is 2.59. The molecule has 6 nitrogen and oxygen atoms in total. The maximum Gasteiger partial charge on any atom is 0.314 e. The fraction of sp³-hybridized carbons (Fsp3) is 0.444. The quantitative estimate of drug-likeness (QED) is 0.808. The average molecular weight is 332 g/mol. The van der Waals surface area contributed by atoms with E-state index < -0.39 is 5.41 Å². The van der Waals surface area contributed by atoms with Crippen molar-refractivity contribution in [2.24, 2.45) is 10.4 Å². The van der Waals surface area contributed by atoms with Gasteiger partial charge in [-0.15, -0.1) is 0 Å². The van der Waals surface area contributed by atoms with Crippen LogP contribution in [0, 0.1) is 5.41 Å². The SMILES string of the molecule is COC(=O)C(C)(C)COc1ccc(C2C=NC(CO)=CN2C)cc1. The van der Waals surface area contributed by atoms with Gasteiger partial charge in [-0.25, -0.2) is 0 Å². The summed E-state index contributed by atoms with van der Waals surface area (Å²) in [7, 11) is 3.31. The number of carbonyl (C=O) groups excluding carboxylic acids is 1. The third-order valence-electron chi connectivity index (χ3n) is 3.89. The second-order valence-electron chi connectivity index (χ2n) is 6.40. The Morgan fingerprint density at radius 3 is 2.54 bits per heavy atom. The summed E-state index contributed by atoms with van der Waals surface area (Å²) in [4.78, 5) is 17.9. The molecule has 0 saturated heterocycles. The van der Waals surface area contributed by atoms with Crippen LogP contribution in [0.25, 0.3) is 0 Å². The zero-order chi connectivity index (χ0) is 17.7. The first-order valence-corrected chi connectivity index (χ1v) is 7.76. The van der Waals surface area contributed by atoms with Crippen LogP contribution in [0.15, 0.2) is 41.2 Å². The largest absolute Gasteiger partial charge is 0.492 e. The van der Waals surface area contributed by atoms with E-state index in [2.05, 4.69) is 4.99 Å². The molecule has 1 heterocycles. The summed E-state index contributed by atoms with van der Waals surface area (Å²) < 4.78 is 10.5. The molecule has 0 saturated carbocycles. The van der Waals surface area contributed by atoms with Gasteiger partial charge in [0.2, 0.25) is 0 Å². The molecule has 2 rings (SSSR count). The Balaban J connectivity index is 2.00. The molecule has 1 aromatic rings. The summed E-state index contributed by atoms with van der Waals surface area (Å²) >= 11 is 0. The Kier molecular flexibility index (Phi) is 5.62. The number of methoxy groups -OCH3 is 1. The highest BCUT2D eigenvalue weighted by Gasteiger charge is 2.29. The zero-order valence-corrected chi connectivity index (χ0v) is 14.5. The van der Waals surface area contributed by atoms with Gasteiger partial charge in [0.05, 0.1) is 30.9 Å². The van der Waals surface area contributed by atoms with Crippen LogP contribution >= 0.6 is 0 Å². The summed E-state index contributed by atoms with van der Waals surface area (Å²) in [5.41, 5.74) is 1.00. The number of hydrogen-bond donors (Lipinski definition) is 1. The van der Waals surface area contributed by atoms with Crippen molar-refractivity contribution >= 4 is 12.2 Å². The van der Waals surface area contributed by atoms with Crippen molar-refractivity contribution < 1.29 is 19.4 Å². The first kappa shape index (κ1) is 18.0. The molecule has 0 bridgehead atoms. The predicted octanol–water partition coefficient (Wildman–Crippen LogP) is 2.16. The van der Waals surface area contributed by atoms with E-state index in [-0.39, 0.29) is 25.2 Å². The third-order valence-corrected chi connectivity index (χ3v) is 3.89. The summed E-state index contributed by atoms with van der Waals surface area (Å²) in [5, 5.41) is 9.13. The number of ether oxygens (including phenoxy) is 2. The smallest absolute Gasteiger partial charge is 0.314 e. The summed E-state index contributed by atoms with van der Waals surface area (Å²) in [6.07, 6.45) is 3.63. The standard InChI is InChI=1S/C18H24N2O4/c1-18(2,17(22)23-4)12-24-15-7-5-13(6-8-15)16-9-19-14(11-21)10-20(16)3/h5-10,16,21H,11-12H2,1-4H3. The topological polar surface area (TPSA) is 71.4 Å². The molecule has 130 valence electrons. The lowest BCUT2D eigenvalue weighted by Crippen LogP contribution is -2.32. The fourth-order valence-electron chi connectivity index (χ4n) is 2.38. The molecule has 0 fully saturated rings. The molecule has 0 aromatic heterocycles. The molecule has 1 N–H and O–H groups in total.